The smallest absolute Gasteiger partial charge is 0.253 e. The van der Waals surface area contributed by atoms with Crippen LogP contribution >= 0.6 is 0 Å². The van der Waals surface area contributed by atoms with E-state index in [1.54, 1.807) is 17.9 Å². The topological polar surface area (TPSA) is 58.6 Å². The van der Waals surface area contributed by atoms with Gasteiger partial charge in [-0.05, 0) is 61.7 Å². The van der Waals surface area contributed by atoms with Crippen molar-refractivity contribution in [2.45, 2.75) is 25.8 Å². The van der Waals surface area contributed by atoms with Gasteiger partial charge in [0.05, 0.1) is 13.2 Å². The summed E-state index contributed by atoms with van der Waals surface area (Å²) in [5, 5.41) is 2.92. The second-order valence-corrected chi connectivity index (χ2v) is 7.20. The molecule has 2 amide bonds. The summed E-state index contributed by atoms with van der Waals surface area (Å²) in [4.78, 5) is 26.8. The SMILES string of the molecule is COc1ccc(C(C)NC(=O)C2CCN(C(=O)c3ccc(F)cc3)CC2)cc1F. The van der Waals surface area contributed by atoms with Crippen LogP contribution in [0.5, 0.6) is 5.75 Å². The number of halogens is 2. The molecule has 29 heavy (non-hydrogen) atoms. The Hall–Kier alpha value is -2.96. The molecule has 0 spiro atoms. The van der Waals surface area contributed by atoms with Gasteiger partial charge in [0.2, 0.25) is 5.91 Å². The molecule has 0 bridgehead atoms. The molecule has 1 aliphatic rings. The summed E-state index contributed by atoms with van der Waals surface area (Å²) in [5.74, 6) is -1.18. The average Bonchev–Trinajstić information content (AvgIpc) is 2.73. The Balaban J connectivity index is 1.53. The predicted octanol–water partition coefficient (Wildman–Crippen LogP) is 3.70. The van der Waals surface area contributed by atoms with Crippen molar-refractivity contribution in [3.63, 3.8) is 0 Å². The molecule has 1 atom stereocenters. The Kier molecular flexibility index (Phi) is 6.46. The van der Waals surface area contributed by atoms with Gasteiger partial charge in [-0.2, -0.15) is 0 Å². The van der Waals surface area contributed by atoms with E-state index in [2.05, 4.69) is 5.32 Å². The van der Waals surface area contributed by atoms with Crippen LogP contribution in [0.3, 0.4) is 0 Å². The zero-order valence-electron chi connectivity index (χ0n) is 16.5. The molecule has 1 fully saturated rings. The number of nitrogens with zero attached hydrogens (tertiary/aromatic N) is 1. The molecule has 0 aliphatic carbocycles. The standard InChI is InChI=1S/C22H24F2N2O3/c1-14(17-5-8-20(29-2)19(24)13-17)25-21(27)15-9-11-26(12-10-15)22(28)16-3-6-18(23)7-4-16/h3-8,13-15H,9-12H2,1-2H3,(H,25,27). The molecule has 1 N–H and O–H groups in total. The van der Waals surface area contributed by atoms with E-state index in [-0.39, 0.29) is 35.3 Å². The Labute approximate surface area is 168 Å². The van der Waals surface area contributed by atoms with Crippen LogP contribution in [0, 0.1) is 17.6 Å². The number of amides is 2. The maximum atomic E-state index is 13.9. The van der Waals surface area contributed by atoms with Crippen LogP contribution in [0.1, 0.15) is 41.7 Å². The van der Waals surface area contributed by atoms with Gasteiger partial charge >= 0.3 is 0 Å². The molecule has 1 aliphatic heterocycles. The number of benzene rings is 2. The summed E-state index contributed by atoms with van der Waals surface area (Å²) < 4.78 is 31.8. The third kappa shape index (κ3) is 4.91. The predicted molar refractivity (Wildman–Crippen MR) is 105 cm³/mol. The Morgan fingerprint density at radius 1 is 1.10 bits per heavy atom. The fraction of sp³-hybridized carbons (Fsp3) is 0.364. The second-order valence-electron chi connectivity index (χ2n) is 7.20. The van der Waals surface area contributed by atoms with Gasteiger partial charge in [0, 0.05) is 24.6 Å². The zero-order chi connectivity index (χ0) is 21.0. The van der Waals surface area contributed by atoms with Crippen LogP contribution in [0.25, 0.3) is 0 Å². The molecule has 7 heteroatoms. The van der Waals surface area contributed by atoms with Crippen molar-refractivity contribution >= 4 is 11.8 Å². The zero-order valence-corrected chi connectivity index (χ0v) is 16.5. The summed E-state index contributed by atoms with van der Waals surface area (Å²) in [6.07, 6.45) is 1.09. The van der Waals surface area contributed by atoms with Crippen molar-refractivity contribution in [2.75, 3.05) is 20.2 Å². The summed E-state index contributed by atoms with van der Waals surface area (Å²) in [6.45, 7) is 2.71. The van der Waals surface area contributed by atoms with E-state index in [9.17, 15) is 18.4 Å². The number of nitrogens with one attached hydrogen (secondary N) is 1. The number of rotatable bonds is 5. The minimum Gasteiger partial charge on any atom is -0.494 e. The van der Waals surface area contributed by atoms with Gasteiger partial charge in [-0.25, -0.2) is 8.78 Å². The lowest BCUT2D eigenvalue weighted by Crippen LogP contribution is -2.43. The Bertz CT molecular complexity index is 878. The number of hydrogen-bond acceptors (Lipinski definition) is 3. The van der Waals surface area contributed by atoms with Crippen molar-refractivity contribution in [2.24, 2.45) is 5.92 Å². The molecule has 0 saturated carbocycles. The number of ether oxygens (including phenoxy) is 1. The van der Waals surface area contributed by atoms with Crippen molar-refractivity contribution in [3.05, 3.63) is 65.2 Å². The third-order valence-corrected chi connectivity index (χ3v) is 5.28. The van der Waals surface area contributed by atoms with E-state index in [1.165, 1.54) is 43.5 Å². The second kappa shape index (κ2) is 9.03. The molecule has 0 aromatic heterocycles. The summed E-state index contributed by atoms with van der Waals surface area (Å²) in [5.41, 5.74) is 1.09. The van der Waals surface area contributed by atoms with Crippen LogP contribution in [0.2, 0.25) is 0 Å². The lowest BCUT2D eigenvalue weighted by Gasteiger charge is -2.32. The molecular weight excluding hydrogens is 378 g/mol. The molecule has 1 heterocycles. The fourth-order valence-electron chi connectivity index (χ4n) is 3.49. The molecule has 2 aromatic rings. The van der Waals surface area contributed by atoms with E-state index < -0.39 is 5.82 Å². The minimum absolute atomic E-state index is 0.109. The molecule has 1 saturated heterocycles. The number of carbonyl (C=O) groups is 2. The Morgan fingerprint density at radius 3 is 2.34 bits per heavy atom. The highest BCUT2D eigenvalue weighted by Gasteiger charge is 2.28. The highest BCUT2D eigenvalue weighted by molar-refractivity contribution is 5.94. The quantitative estimate of drug-likeness (QED) is 0.830. The first kappa shape index (κ1) is 20.8. The number of methoxy groups -OCH3 is 1. The third-order valence-electron chi connectivity index (χ3n) is 5.28. The summed E-state index contributed by atoms with van der Waals surface area (Å²) in [6, 6.07) is 9.71. The van der Waals surface area contributed by atoms with Gasteiger partial charge in [-0.15, -0.1) is 0 Å². The van der Waals surface area contributed by atoms with Gasteiger partial charge < -0.3 is 15.0 Å². The fourth-order valence-corrected chi connectivity index (χ4v) is 3.49. The summed E-state index contributed by atoms with van der Waals surface area (Å²) in [7, 11) is 1.40. The van der Waals surface area contributed by atoms with E-state index in [1.807, 2.05) is 0 Å². The number of likely N-dealkylation sites (tertiary alicyclic amines) is 1. The van der Waals surface area contributed by atoms with Gasteiger partial charge in [-0.3, -0.25) is 9.59 Å². The van der Waals surface area contributed by atoms with E-state index >= 15 is 0 Å². The monoisotopic (exact) mass is 402 g/mol. The normalized spacial score (nSPS) is 15.7. The maximum absolute atomic E-state index is 13.9. The minimum atomic E-state index is -0.473. The van der Waals surface area contributed by atoms with E-state index in [0.717, 1.165) is 0 Å². The maximum Gasteiger partial charge on any atom is 0.253 e. The first-order valence-corrected chi connectivity index (χ1v) is 9.57. The van der Waals surface area contributed by atoms with Gasteiger partial charge in [0.25, 0.3) is 5.91 Å². The van der Waals surface area contributed by atoms with Crippen molar-refractivity contribution in [3.8, 4) is 5.75 Å². The van der Waals surface area contributed by atoms with E-state index in [4.69, 9.17) is 4.74 Å². The van der Waals surface area contributed by atoms with Gasteiger partial charge in [-0.1, -0.05) is 6.07 Å². The van der Waals surface area contributed by atoms with Gasteiger partial charge in [0.1, 0.15) is 5.82 Å². The van der Waals surface area contributed by atoms with E-state index in [0.29, 0.717) is 37.1 Å². The average molecular weight is 402 g/mol. The molecule has 5 nitrogen and oxygen atoms in total. The van der Waals surface area contributed by atoms with Crippen LogP contribution in [-0.4, -0.2) is 36.9 Å². The largest absolute Gasteiger partial charge is 0.494 e. The highest BCUT2D eigenvalue weighted by Crippen LogP contribution is 2.24. The molecule has 3 rings (SSSR count). The van der Waals surface area contributed by atoms with Crippen LogP contribution in [0.15, 0.2) is 42.5 Å². The molecule has 154 valence electrons. The highest BCUT2D eigenvalue weighted by atomic mass is 19.1. The molecular formula is C22H24F2N2O3. The van der Waals surface area contributed by atoms with Crippen molar-refractivity contribution < 1.29 is 23.1 Å². The number of hydrogen-bond donors (Lipinski definition) is 1. The first-order chi connectivity index (χ1) is 13.9. The lowest BCUT2D eigenvalue weighted by molar-refractivity contribution is -0.127. The molecule has 2 aromatic carbocycles. The van der Waals surface area contributed by atoms with Gasteiger partial charge in [0.15, 0.2) is 11.6 Å². The number of carbonyl (C=O) groups excluding carboxylic acids is 2. The van der Waals surface area contributed by atoms with Crippen LogP contribution in [0.4, 0.5) is 8.78 Å². The van der Waals surface area contributed by atoms with Crippen molar-refractivity contribution in [1.82, 2.24) is 10.2 Å². The lowest BCUT2D eigenvalue weighted by atomic mass is 9.94. The van der Waals surface area contributed by atoms with Crippen LogP contribution in [-0.2, 0) is 4.79 Å². The number of piperidine rings is 1. The first-order valence-electron chi connectivity index (χ1n) is 9.57. The van der Waals surface area contributed by atoms with Crippen molar-refractivity contribution in [1.29, 1.82) is 0 Å². The van der Waals surface area contributed by atoms with Crippen LogP contribution < -0.4 is 10.1 Å². The summed E-state index contributed by atoms with van der Waals surface area (Å²) >= 11 is 0. The Morgan fingerprint density at radius 2 is 1.76 bits per heavy atom. The molecule has 0 radical (unpaired) electrons. The molecule has 1 unspecified atom stereocenters.